The molecule has 0 atom stereocenters. The van der Waals surface area contributed by atoms with Gasteiger partial charge in [-0.25, -0.2) is 4.39 Å². The minimum atomic E-state index is -0.584. The Labute approximate surface area is 176 Å². The van der Waals surface area contributed by atoms with Gasteiger partial charge in [0.15, 0.2) is 17.3 Å². The molecule has 0 amide bonds. The van der Waals surface area contributed by atoms with Gasteiger partial charge in [-0.15, -0.1) is 0 Å². The molecule has 4 rings (SSSR count). The number of nitrogens with zero attached hydrogens (tertiary/aromatic N) is 1. The molecule has 1 aliphatic heterocycles. The van der Waals surface area contributed by atoms with Crippen molar-refractivity contribution in [2.45, 2.75) is 0 Å². The van der Waals surface area contributed by atoms with E-state index in [0.717, 1.165) is 0 Å². The number of carbonyl (C=O) groups is 1. The molecule has 0 unspecified atom stereocenters. The van der Waals surface area contributed by atoms with Gasteiger partial charge in [-0.1, -0.05) is 12.1 Å². The lowest BCUT2D eigenvalue weighted by Gasteiger charge is -2.18. The summed E-state index contributed by atoms with van der Waals surface area (Å²) in [6.07, 6.45) is 2.80. The van der Waals surface area contributed by atoms with Gasteiger partial charge in [0.2, 0.25) is 5.75 Å². The lowest BCUT2D eigenvalue weighted by molar-refractivity contribution is -0.385. The molecule has 3 aromatic rings. The molecule has 0 radical (unpaired) electrons. The molecule has 156 valence electrons. The van der Waals surface area contributed by atoms with Gasteiger partial charge in [-0.2, -0.15) is 0 Å². The Morgan fingerprint density at radius 2 is 1.74 bits per heavy atom. The Kier molecular flexibility index (Phi) is 5.61. The number of nitro groups is 1. The molecule has 31 heavy (non-hydrogen) atoms. The number of carbonyl (C=O) groups excluding carboxylic acids is 1. The number of benzene rings is 3. The van der Waals surface area contributed by atoms with Crippen molar-refractivity contribution in [1.82, 2.24) is 0 Å². The standard InChI is InChI=1S/C23H16FNO6/c24-17-4-6-18(7-5-17)31-21-9-2-15(13-19(21)25(27)28)1-8-20(26)16-3-10-22-23(14-16)30-12-11-29-22/h1-10,13-14H,11-12H2/b8-1+. The van der Waals surface area contributed by atoms with Crippen molar-refractivity contribution >= 4 is 17.5 Å². The van der Waals surface area contributed by atoms with Crippen LogP contribution in [0, 0.1) is 15.9 Å². The number of halogens is 1. The second kappa shape index (κ2) is 8.66. The molecule has 1 aliphatic rings. The molecule has 1 heterocycles. The fourth-order valence-corrected chi connectivity index (χ4v) is 2.96. The van der Waals surface area contributed by atoms with E-state index >= 15 is 0 Å². The van der Waals surface area contributed by atoms with Crippen LogP contribution in [0.4, 0.5) is 10.1 Å². The third-order valence-corrected chi connectivity index (χ3v) is 4.47. The van der Waals surface area contributed by atoms with Gasteiger partial charge in [0.05, 0.1) is 4.92 Å². The third-order valence-electron chi connectivity index (χ3n) is 4.47. The summed E-state index contributed by atoms with van der Waals surface area (Å²) >= 11 is 0. The van der Waals surface area contributed by atoms with E-state index in [1.807, 2.05) is 0 Å². The number of allylic oxidation sites excluding steroid dienone is 1. The van der Waals surface area contributed by atoms with Crippen LogP contribution < -0.4 is 14.2 Å². The van der Waals surface area contributed by atoms with E-state index in [0.29, 0.717) is 35.8 Å². The summed E-state index contributed by atoms with van der Waals surface area (Å²) in [7, 11) is 0. The lowest BCUT2D eigenvalue weighted by Crippen LogP contribution is -2.15. The van der Waals surface area contributed by atoms with Crippen LogP contribution >= 0.6 is 0 Å². The van der Waals surface area contributed by atoms with Gasteiger partial charge in [0.25, 0.3) is 0 Å². The molecular formula is C23H16FNO6. The summed E-state index contributed by atoms with van der Waals surface area (Å²) in [5.41, 5.74) is 0.577. The molecule has 0 bridgehead atoms. The first-order valence-corrected chi connectivity index (χ1v) is 9.33. The zero-order valence-electron chi connectivity index (χ0n) is 16.1. The molecule has 0 saturated heterocycles. The first-order valence-electron chi connectivity index (χ1n) is 9.33. The maximum absolute atomic E-state index is 13.0. The van der Waals surface area contributed by atoms with Crippen LogP contribution in [-0.4, -0.2) is 23.9 Å². The molecule has 0 fully saturated rings. The number of ether oxygens (including phenoxy) is 3. The molecule has 3 aromatic carbocycles. The summed E-state index contributed by atoms with van der Waals surface area (Å²) in [5.74, 6) is 0.632. The molecule has 0 N–H and O–H groups in total. The minimum Gasteiger partial charge on any atom is -0.486 e. The van der Waals surface area contributed by atoms with Crippen LogP contribution in [0.2, 0.25) is 0 Å². The third kappa shape index (κ3) is 4.69. The van der Waals surface area contributed by atoms with Crippen molar-refractivity contribution in [3.63, 3.8) is 0 Å². The summed E-state index contributed by atoms with van der Waals surface area (Å²) in [5, 5.41) is 11.5. The van der Waals surface area contributed by atoms with E-state index in [-0.39, 0.29) is 23.0 Å². The highest BCUT2D eigenvalue weighted by atomic mass is 19.1. The van der Waals surface area contributed by atoms with Crippen LogP contribution in [0.3, 0.4) is 0 Å². The predicted octanol–water partition coefficient (Wildman–Crippen LogP) is 5.19. The first-order chi connectivity index (χ1) is 15.0. The highest BCUT2D eigenvalue weighted by Crippen LogP contribution is 2.33. The van der Waals surface area contributed by atoms with Crippen molar-refractivity contribution in [3.05, 3.63) is 93.8 Å². The lowest BCUT2D eigenvalue weighted by atomic mass is 10.1. The molecule has 0 aromatic heterocycles. The van der Waals surface area contributed by atoms with Gasteiger partial charge in [-0.05, 0) is 60.2 Å². The van der Waals surface area contributed by atoms with Gasteiger partial charge in [0, 0.05) is 11.6 Å². The van der Waals surface area contributed by atoms with E-state index in [4.69, 9.17) is 14.2 Å². The SMILES string of the molecule is O=C(/C=C/c1ccc(Oc2ccc(F)cc2)c([N+](=O)[O-])c1)c1ccc2c(c1)OCCO2. The van der Waals surface area contributed by atoms with Gasteiger partial charge < -0.3 is 14.2 Å². The zero-order chi connectivity index (χ0) is 21.8. The average molecular weight is 421 g/mol. The van der Waals surface area contributed by atoms with E-state index in [9.17, 15) is 19.3 Å². The monoisotopic (exact) mass is 421 g/mol. The van der Waals surface area contributed by atoms with Crippen LogP contribution in [0.5, 0.6) is 23.0 Å². The number of ketones is 1. The van der Waals surface area contributed by atoms with Crippen LogP contribution in [-0.2, 0) is 0 Å². The van der Waals surface area contributed by atoms with E-state index < -0.39 is 10.7 Å². The number of rotatable bonds is 6. The van der Waals surface area contributed by atoms with E-state index in [1.54, 1.807) is 24.3 Å². The predicted molar refractivity (Wildman–Crippen MR) is 110 cm³/mol. The highest BCUT2D eigenvalue weighted by Gasteiger charge is 2.17. The second-order valence-corrected chi connectivity index (χ2v) is 6.60. The van der Waals surface area contributed by atoms with Crippen LogP contribution in [0.25, 0.3) is 6.08 Å². The number of hydrogen-bond acceptors (Lipinski definition) is 6. The Morgan fingerprint density at radius 1 is 1.00 bits per heavy atom. The Hall–Kier alpha value is -4.20. The van der Waals surface area contributed by atoms with Crippen molar-refractivity contribution in [3.8, 4) is 23.0 Å². The smallest absolute Gasteiger partial charge is 0.312 e. The maximum atomic E-state index is 13.0. The van der Waals surface area contributed by atoms with E-state index in [2.05, 4.69) is 0 Å². The molecule has 0 spiro atoms. The Balaban J connectivity index is 1.53. The summed E-state index contributed by atoms with van der Waals surface area (Å²) in [6, 6.07) is 14.3. The topological polar surface area (TPSA) is 87.9 Å². The first kappa shape index (κ1) is 20.1. The Bertz CT molecular complexity index is 1170. The molecular weight excluding hydrogens is 405 g/mol. The number of fused-ring (bicyclic) bond motifs is 1. The van der Waals surface area contributed by atoms with E-state index in [1.165, 1.54) is 48.6 Å². The molecule has 8 heteroatoms. The van der Waals surface area contributed by atoms with Crippen molar-refractivity contribution in [2.24, 2.45) is 0 Å². The second-order valence-electron chi connectivity index (χ2n) is 6.60. The summed E-state index contributed by atoms with van der Waals surface area (Å²) < 4.78 is 29.4. The average Bonchev–Trinajstić information content (AvgIpc) is 2.79. The Morgan fingerprint density at radius 3 is 2.48 bits per heavy atom. The van der Waals surface area contributed by atoms with Crippen molar-refractivity contribution < 1.29 is 28.3 Å². The van der Waals surface area contributed by atoms with Gasteiger partial charge >= 0.3 is 5.69 Å². The minimum absolute atomic E-state index is 0.00641. The van der Waals surface area contributed by atoms with Crippen molar-refractivity contribution in [2.75, 3.05) is 13.2 Å². The largest absolute Gasteiger partial charge is 0.486 e. The molecule has 7 nitrogen and oxygen atoms in total. The van der Waals surface area contributed by atoms with Gasteiger partial charge in [0.1, 0.15) is 24.8 Å². The maximum Gasteiger partial charge on any atom is 0.312 e. The zero-order valence-corrected chi connectivity index (χ0v) is 16.1. The van der Waals surface area contributed by atoms with Crippen LogP contribution in [0.1, 0.15) is 15.9 Å². The fraction of sp³-hybridized carbons (Fsp3) is 0.0870. The number of hydrogen-bond donors (Lipinski definition) is 0. The molecule has 0 aliphatic carbocycles. The van der Waals surface area contributed by atoms with Crippen molar-refractivity contribution in [1.29, 1.82) is 0 Å². The van der Waals surface area contributed by atoms with Gasteiger partial charge in [-0.3, -0.25) is 14.9 Å². The molecule has 0 saturated carbocycles. The fourth-order valence-electron chi connectivity index (χ4n) is 2.96. The quantitative estimate of drug-likeness (QED) is 0.235. The normalized spacial score (nSPS) is 12.5. The summed E-state index contributed by atoms with van der Waals surface area (Å²) in [6.45, 7) is 0.871. The summed E-state index contributed by atoms with van der Waals surface area (Å²) in [4.78, 5) is 23.4. The highest BCUT2D eigenvalue weighted by molar-refractivity contribution is 6.07. The number of nitro benzene ring substituents is 1. The van der Waals surface area contributed by atoms with Crippen LogP contribution in [0.15, 0.2) is 66.7 Å².